The van der Waals surface area contributed by atoms with Crippen molar-refractivity contribution in [2.45, 2.75) is 79.7 Å². The molecule has 2 nitrogen and oxygen atoms in total. The van der Waals surface area contributed by atoms with Crippen molar-refractivity contribution >= 4 is 0 Å². The van der Waals surface area contributed by atoms with Gasteiger partial charge in [-0.05, 0) is 70.6 Å². The van der Waals surface area contributed by atoms with E-state index in [4.69, 9.17) is 0 Å². The second kappa shape index (κ2) is 12.6. The molecule has 122 valence electrons. The third-order valence-corrected chi connectivity index (χ3v) is 3.96. The van der Waals surface area contributed by atoms with Gasteiger partial charge in [-0.1, -0.05) is 41.0 Å². The summed E-state index contributed by atoms with van der Waals surface area (Å²) in [5.74, 6) is 1.65. The molecule has 0 fully saturated rings. The zero-order valence-corrected chi connectivity index (χ0v) is 15.0. The zero-order valence-electron chi connectivity index (χ0n) is 15.0. The maximum atomic E-state index is 3.50. The zero-order chi connectivity index (χ0) is 15.4. The van der Waals surface area contributed by atoms with Crippen LogP contribution in [0.5, 0.6) is 0 Å². The minimum absolute atomic E-state index is 0.680. The average Bonchev–Trinajstić information content (AvgIpc) is 2.36. The van der Waals surface area contributed by atoms with E-state index < -0.39 is 0 Å². The molecule has 2 heteroatoms. The van der Waals surface area contributed by atoms with Gasteiger partial charge in [0.1, 0.15) is 0 Å². The van der Waals surface area contributed by atoms with Crippen LogP contribution in [0.1, 0.15) is 73.6 Å². The van der Waals surface area contributed by atoms with Crippen molar-refractivity contribution in [2.24, 2.45) is 11.8 Å². The van der Waals surface area contributed by atoms with Crippen molar-refractivity contribution in [1.82, 2.24) is 10.2 Å². The normalized spacial score (nSPS) is 13.7. The first-order valence-corrected chi connectivity index (χ1v) is 8.91. The van der Waals surface area contributed by atoms with Crippen LogP contribution in [-0.4, -0.2) is 37.1 Å². The first-order valence-electron chi connectivity index (χ1n) is 8.91. The third-order valence-electron chi connectivity index (χ3n) is 3.96. The largest absolute Gasteiger partial charge is 0.315 e. The fraction of sp³-hybridized carbons (Fsp3) is 1.00. The summed E-state index contributed by atoms with van der Waals surface area (Å²) >= 11 is 0. The molecule has 0 heterocycles. The molecule has 0 aliphatic carbocycles. The quantitative estimate of drug-likeness (QED) is 0.499. The lowest BCUT2D eigenvalue weighted by Crippen LogP contribution is -2.29. The van der Waals surface area contributed by atoms with Crippen molar-refractivity contribution in [3.63, 3.8) is 0 Å². The Morgan fingerprint density at radius 2 is 1.30 bits per heavy atom. The van der Waals surface area contributed by atoms with Gasteiger partial charge in [0.2, 0.25) is 0 Å². The molecule has 0 aliphatic heterocycles. The molecule has 0 aromatic carbocycles. The average molecular weight is 285 g/mol. The van der Waals surface area contributed by atoms with E-state index in [-0.39, 0.29) is 0 Å². The van der Waals surface area contributed by atoms with Gasteiger partial charge in [-0.3, -0.25) is 0 Å². The Kier molecular flexibility index (Phi) is 12.6. The smallest absolute Gasteiger partial charge is 0.00386 e. The summed E-state index contributed by atoms with van der Waals surface area (Å²) < 4.78 is 0. The summed E-state index contributed by atoms with van der Waals surface area (Å²) in [4.78, 5) is 2.69. The third kappa shape index (κ3) is 12.9. The fourth-order valence-electron chi connectivity index (χ4n) is 2.45. The summed E-state index contributed by atoms with van der Waals surface area (Å²) in [6.45, 7) is 18.8. The van der Waals surface area contributed by atoms with Crippen LogP contribution in [0, 0.1) is 11.8 Å². The van der Waals surface area contributed by atoms with E-state index in [0.717, 1.165) is 18.4 Å². The predicted octanol–water partition coefficient (Wildman–Crippen LogP) is 4.55. The molecule has 0 amide bonds. The lowest BCUT2D eigenvalue weighted by Gasteiger charge is -2.24. The predicted molar refractivity (Wildman–Crippen MR) is 92.3 cm³/mol. The van der Waals surface area contributed by atoms with Crippen LogP contribution in [0.3, 0.4) is 0 Å². The topological polar surface area (TPSA) is 15.3 Å². The second-order valence-electron chi connectivity index (χ2n) is 7.16. The number of nitrogens with one attached hydrogen (secondary N) is 1. The number of nitrogens with zero attached hydrogens (tertiary/aromatic N) is 1. The molecule has 0 aliphatic rings. The van der Waals surface area contributed by atoms with Gasteiger partial charge in [0.25, 0.3) is 0 Å². The number of unbranched alkanes of at least 4 members (excludes halogenated alkanes) is 1. The van der Waals surface area contributed by atoms with Gasteiger partial charge >= 0.3 is 0 Å². The molecule has 0 aromatic rings. The first kappa shape index (κ1) is 19.9. The monoisotopic (exact) mass is 284 g/mol. The van der Waals surface area contributed by atoms with Gasteiger partial charge in [-0.15, -0.1) is 0 Å². The van der Waals surface area contributed by atoms with E-state index >= 15 is 0 Å². The molecular formula is C18H40N2. The Labute approximate surface area is 128 Å². The highest BCUT2D eigenvalue weighted by Crippen LogP contribution is 2.09. The van der Waals surface area contributed by atoms with E-state index in [1.807, 2.05) is 0 Å². The van der Waals surface area contributed by atoms with Crippen LogP contribution >= 0.6 is 0 Å². The van der Waals surface area contributed by atoms with E-state index in [9.17, 15) is 0 Å². The van der Waals surface area contributed by atoms with E-state index in [1.54, 1.807) is 0 Å². The summed E-state index contributed by atoms with van der Waals surface area (Å²) in [5.41, 5.74) is 0. The van der Waals surface area contributed by atoms with Crippen molar-refractivity contribution in [3.05, 3.63) is 0 Å². The van der Waals surface area contributed by atoms with Crippen molar-refractivity contribution < 1.29 is 0 Å². The molecule has 1 unspecified atom stereocenters. The summed E-state index contributed by atoms with van der Waals surface area (Å²) in [7, 11) is 0. The number of rotatable bonds is 13. The second-order valence-corrected chi connectivity index (χ2v) is 7.16. The van der Waals surface area contributed by atoms with Gasteiger partial charge in [0.15, 0.2) is 0 Å². The highest BCUT2D eigenvalue weighted by atomic mass is 15.1. The van der Waals surface area contributed by atoms with Crippen LogP contribution in [0.25, 0.3) is 0 Å². The molecule has 1 atom stereocenters. The standard InChI is InChI=1S/C18H40N2/c1-7-19-18(6)10-8-9-13-20(14-11-16(2)3)15-12-17(4)5/h16-19H,7-15H2,1-6H3. The van der Waals surface area contributed by atoms with Crippen LogP contribution < -0.4 is 5.32 Å². The lowest BCUT2D eigenvalue weighted by atomic mass is 10.1. The molecule has 0 bridgehead atoms. The van der Waals surface area contributed by atoms with Gasteiger partial charge in [-0.25, -0.2) is 0 Å². The number of hydrogen-bond acceptors (Lipinski definition) is 2. The van der Waals surface area contributed by atoms with Gasteiger partial charge < -0.3 is 10.2 Å². The van der Waals surface area contributed by atoms with Crippen LogP contribution in [0.15, 0.2) is 0 Å². The van der Waals surface area contributed by atoms with Crippen LogP contribution in [0.4, 0.5) is 0 Å². The van der Waals surface area contributed by atoms with Crippen molar-refractivity contribution in [3.8, 4) is 0 Å². The molecule has 0 radical (unpaired) electrons. The highest BCUT2D eigenvalue weighted by Gasteiger charge is 2.08. The molecule has 0 rings (SSSR count). The van der Waals surface area contributed by atoms with Crippen LogP contribution in [0.2, 0.25) is 0 Å². The Hall–Kier alpha value is -0.0800. The summed E-state index contributed by atoms with van der Waals surface area (Å²) in [5, 5.41) is 3.50. The molecule has 0 saturated carbocycles. The van der Waals surface area contributed by atoms with Gasteiger partial charge in [0.05, 0.1) is 0 Å². The Morgan fingerprint density at radius 3 is 1.75 bits per heavy atom. The van der Waals surface area contributed by atoms with E-state index in [2.05, 4.69) is 51.8 Å². The van der Waals surface area contributed by atoms with Crippen molar-refractivity contribution in [2.75, 3.05) is 26.2 Å². The molecule has 0 spiro atoms. The van der Waals surface area contributed by atoms with Crippen molar-refractivity contribution in [1.29, 1.82) is 0 Å². The fourth-order valence-corrected chi connectivity index (χ4v) is 2.45. The van der Waals surface area contributed by atoms with Crippen LogP contribution in [-0.2, 0) is 0 Å². The SMILES string of the molecule is CCNC(C)CCCCN(CCC(C)C)CCC(C)C. The molecule has 20 heavy (non-hydrogen) atoms. The maximum Gasteiger partial charge on any atom is 0.00386 e. The molecule has 1 N–H and O–H groups in total. The Balaban J connectivity index is 3.83. The number of hydrogen-bond donors (Lipinski definition) is 1. The summed E-state index contributed by atoms with van der Waals surface area (Å²) in [6.07, 6.45) is 6.70. The Morgan fingerprint density at radius 1 is 0.750 bits per heavy atom. The molecular weight excluding hydrogens is 244 g/mol. The van der Waals surface area contributed by atoms with Gasteiger partial charge in [-0.2, -0.15) is 0 Å². The summed E-state index contributed by atoms with van der Waals surface area (Å²) in [6, 6.07) is 0.680. The minimum atomic E-state index is 0.680. The first-order chi connectivity index (χ1) is 9.45. The molecule has 0 saturated heterocycles. The van der Waals surface area contributed by atoms with Gasteiger partial charge in [0, 0.05) is 6.04 Å². The molecule has 0 aromatic heterocycles. The van der Waals surface area contributed by atoms with E-state index in [1.165, 1.54) is 51.7 Å². The highest BCUT2D eigenvalue weighted by molar-refractivity contribution is 4.64. The Bertz CT molecular complexity index is 190. The van der Waals surface area contributed by atoms with E-state index in [0.29, 0.717) is 6.04 Å². The lowest BCUT2D eigenvalue weighted by molar-refractivity contribution is 0.237. The maximum absolute atomic E-state index is 3.50. The minimum Gasteiger partial charge on any atom is -0.315 e.